The molecule has 0 saturated heterocycles. The van der Waals surface area contributed by atoms with Crippen molar-refractivity contribution in [3.8, 4) is 0 Å². The number of thiazole rings is 2. The summed E-state index contributed by atoms with van der Waals surface area (Å²) in [7, 11) is 0. The van der Waals surface area contributed by atoms with E-state index in [9.17, 15) is 22.8 Å². The van der Waals surface area contributed by atoms with Crippen LogP contribution < -0.4 is 10.6 Å². The molecule has 33 heavy (non-hydrogen) atoms. The molecule has 3 aromatic heterocycles. The fourth-order valence-electron chi connectivity index (χ4n) is 2.98. The third-order valence-electron chi connectivity index (χ3n) is 4.62. The van der Waals surface area contributed by atoms with Crippen molar-refractivity contribution in [2.24, 2.45) is 0 Å². The zero-order valence-electron chi connectivity index (χ0n) is 17.1. The molecule has 0 saturated carbocycles. The van der Waals surface area contributed by atoms with Crippen LogP contribution in [0.25, 0.3) is 10.3 Å². The number of carbonyl (C=O) groups is 2. The average Bonchev–Trinajstić information content (AvgIpc) is 3.43. The molecular formula is C20H15F3N6O2S2. The van der Waals surface area contributed by atoms with Gasteiger partial charge in [0.15, 0.2) is 5.69 Å². The van der Waals surface area contributed by atoms with E-state index in [1.54, 1.807) is 12.4 Å². The van der Waals surface area contributed by atoms with E-state index in [0.717, 1.165) is 17.4 Å². The van der Waals surface area contributed by atoms with Crippen LogP contribution in [0.2, 0.25) is 0 Å². The van der Waals surface area contributed by atoms with Crippen molar-refractivity contribution in [3.63, 3.8) is 0 Å². The predicted molar refractivity (Wildman–Crippen MR) is 117 cm³/mol. The van der Waals surface area contributed by atoms with E-state index in [2.05, 4.69) is 30.6 Å². The van der Waals surface area contributed by atoms with Gasteiger partial charge in [0, 0.05) is 5.69 Å². The van der Waals surface area contributed by atoms with Gasteiger partial charge in [-0.3, -0.25) is 9.59 Å². The normalized spacial score (nSPS) is 12.5. The molecule has 1 aromatic carbocycles. The molecule has 4 aromatic rings. The van der Waals surface area contributed by atoms with Crippen LogP contribution in [-0.2, 0) is 6.18 Å². The van der Waals surface area contributed by atoms with Gasteiger partial charge in [-0.2, -0.15) is 13.2 Å². The van der Waals surface area contributed by atoms with Gasteiger partial charge in [0.25, 0.3) is 11.8 Å². The first-order valence-electron chi connectivity index (χ1n) is 9.43. The molecule has 1 unspecified atom stereocenters. The van der Waals surface area contributed by atoms with Gasteiger partial charge in [-0.25, -0.2) is 19.9 Å². The molecule has 0 fully saturated rings. The highest BCUT2D eigenvalue weighted by atomic mass is 32.1. The number of hydrogen-bond acceptors (Lipinski definition) is 8. The van der Waals surface area contributed by atoms with E-state index in [1.807, 2.05) is 0 Å². The second kappa shape index (κ2) is 8.83. The molecule has 0 bridgehead atoms. The van der Waals surface area contributed by atoms with Crippen LogP contribution in [0.3, 0.4) is 0 Å². The van der Waals surface area contributed by atoms with E-state index in [4.69, 9.17) is 0 Å². The molecule has 0 aliphatic heterocycles. The first kappa shape index (κ1) is 22.7. The van der Waals surface area contributed by atoms with Crippen molar-refractivity contribution in [2.45, 2.75) is 26.1 Å². The molecule has 8 nitrogen and oxygen atoms in total. The summed E-state index contributed by atoms with van der Waals surface area (Å²) >= 11 is 2.30. The highest BCUT2D eigenvalue weighted by Crippen LogP contribution is 2.33. The largest absolute Gasteiger partial charge is 0.416 e. The maximum Gasteiger partial charge on any atom is 0.416 e. The maximum atomic E-state index is 13.1. The third-order valence-corrected chi connectivity index (χ3v) is 6.53. The van der Waals surface area contributed by atoms with Crippen molar-refractivity contribution >= 4 is 50.5 Å². The Morgan fingerprint density at radius 3 is 2.64 bits per heavy atom. The molecule has 0 aliphatic carbocycles. The van der Waals surface area contributed by atoms with Crippen LogP contribution in [0.4, 0.5) is 18.9 Å². The Kier molecular flexibility index (Phi) is 6.08. The molecule has 0 aliphatic rings. The second-order valence-corrected chi connectivity index (χ2v) is 8.86. The van der Waals surface area contributed by atoms with Gasteiger partial charge in [-0.05, 0) is 31.5 Å². The Morgan fingerprint density at radius 2 is 1.88 bits per heavy atom. The summed E-state index contributed by atoms with van der Waals surface area (Å²) in [5.74, 6) is -1.07. The fourth-order valence-corrected chi connectivity index (χ4v) is 4.42. The highest BCUT2D eigenvalue weighted by molar-refractivity contribution is 7.16. The summed E-state index contributed by atoms with van der Waals surface area (Å²) in [6.07, 6.45) is -1.94. The van der Waals surface area contributed by atoms with Gasteiger partial charge in [0.05, 0.1) is 23.3 Å². The summed E-state index contributed by atoms with van der Waals surface area (Å²) in [6.45, 7) is 3.04. The summed E-state index contributed by atoms with van der Waals surface area (Å²) in [4.78, 5) is 42.2. The van der Waals surface area contributed by atoms with Crippen LogP contribution in [0.15, 0.2) is 36.2 Å². The molecule has 4 rings (SSSR count). The molecule has 1 atom stereocenters. The summed E-state index contributed by atoms with van der Waals surface area (Å²) in [6, 6.07) is 3.03. The van der Waals surface area contributed by atoms with Crippen molar-refractivity contribution in [2.75, 3.05) is 5.32 Å². The number of hydrogen-bond donors (Lipinski definition) is 2. The average molecular weight is 493 g/mol. The Hall–Kier alpha value is -3.45. The van der Waals surface area contributed by atoms with E-state index < -0.39 is 29.6 Å². The van der Waals surface area contributed by atoms with E-state index in [1.165, 1.54) is 42.9 Å². The highest BCUT2D eigenvalue weighted by Gasteiger charge is 2.32. The number of alkyl halides is 3. The predicted octanol–water partition coefficient (Wildman–Crippen LogP) is 4.61. The van der Waals surface area contributed by atoms with Gasteiger partial charge in [-0.15, -0.1) is 22.7 Å². The number of halogens is 3. The summed E-state index contributed by atoms with van der Waals surface area (Å²) in [5.41, 5.74) is 1.34. The van der Waals surface area contributed by atoms with Crippen molar-refractivity contribution in [1.82, 2.24) is 25.3 Å². The molecule has 0 spiro atoms. The van der Waals surface area contributed by atoms with E-state index >= 15 is 0 Å². The summed E-state index contributed by atoms with van der Waals surface area (Å²) < 4.78 is 39.3. The number of amides is 2. The topological polar surface area (TPSA) is 110 Å². The molecule has 2 amide bonds. The molecule has 0 radical (unpaired) electrons. The van der Waals surface area contributed by atoms with E-state index in [0.29, 0.717) is 15.4 Å². The SMILES string of the molecule is Cc1ccc(NC(=O)c2cnc(C(C)NC(=O)c3ncnc4scnc34)s2)cc1C(F)(F)F. The first-order chi connectivity index (χ1) is 15.6. The van der Waals surface area contributed by atoms with Gasteiger partial charge >= 0.3 is 6.18 Å². The Bertz CT molecular complexity index is 1350. The third kappa shape index (κ3) is 4.83. The number of anilines is 1. The number of fused-ring (bicyclic) bond motifs is 1. The quantitative estimate of drug-likeness (QED) is 0.421. The van der Waals surface area contributed by atoms with Crippen molar-refractivity contribution in [3.05, 3.63) is 62.9 Å². The van der Waals surface area contributed by atoms with Gasteiger partial charge in [0.1, 0.15) is 26.6 Å². The minimum absolute atomic E-state index is 0.0188. The van der Waals surface area contributed by atoms with Crippen molar-refractivity contribution < 1.29 is 22.8 Å². The van der Waals surface area contributed by atoms with Crippen molar-refractivity contribution in [1.29, 1.82) is 0 Å². The van der Waals surface area contributed by atoms with Gasteiger partial charge in [0.2, 0.25) is 0 Å². The maximum absolute atomic E-state index is 13.1. The number of aryl methyl sites for hydroxylation is 1. The molecule has 2 N–H and O–H groups in total. The first-order valence-corrected chi connectivity index (χ1v) is 11.1. The Morgan fingerprint density at radius 1 is 1.09 bits per heavy atom. The fraction of sp³-hybridized carbons (Fsp3) is 0.200. The van der Waals surface area contributed by atoms with Gasteiger partial charge < -0.3 is 10.6 Å². The van der Waals surface area contributed by atoms with Crippen LogP contribution in [-0.4, -0.2) is 31.8 Å². The smallest absolute Gasteiger partial charge is 0.342 e. The molecule has 13 heteroatoms. The number of rotatable bonds is 5. The molecule has 170 valence electrons. The monoisotopic (exact) mass is 492 g/mol. The lowest BCUT2D eigenvalue weighted by atomic mass is 10.1. The zero-order chi connectivity index (χ0) is 23.8. The standard InChI is InChI=1S/C20H15F3N6O2S2/c1-9-3-4-11(5-12(9)20(21,22)23)29-16(30)13-6-24-18(33-13)10(2)28-17(31)14-15-19(26-7-25-14)32-8-27-15/h3-8,10H,1-2H3,(H,28,31)(H,29,30). The lowest BCUT2D eigenvalue weighted by Crippen LogP contribution is -2.27. The number of carbonyl (C=O) groups excluding carboxylic acids is 2. The minimum atomic E-state index is -4.52. The summed E-state index contributed by atoms with van der Waals surface area (Å²) in [5, 5.41) is 5.65. The molecule has 3 heterocycles. The van der Waals surface area contributed by atoms with Crippen LogP contribution >= 0.6 is 22.7 Å². The van der Waals surface area contributed by atoms with E-state index in [-0.39, 0.29) is 21.8 Å². The lowest BCUT2D eigenvalue weighted by molar-refractivity contribution is -0.138. The Balaban J connectivity index is 1.46. The van der Waals surface area contributed by atoms with Crippen LogP contribution in [0.1, 0.15) is 49.3 Å². The number of benzene rings is 1. The zero-order valence-corrected chi connectivity index (χ0v) is 18.7. The minimum Gasteiger partial charge on any atom is -0.342 e. The van der Waals surface area contributed by atoms with Gasteiger partial charge in [-0.1, -0.05) is 6.07 Å². The second-order valence-electron chi connectivity index (χ2n) is 6.97. The number of nitrogens with zero attached hydrogens (tertiary/aromatic N) is 4. The van der Waals surface area contributed by atoms with Crippen LogP contribution in [0, 0.1) is 6.92 Å². The lowest BCUT2D eigenvalue weighted by Gasteiger charge is -2.12. The molecular weight excluding hydrogens is 477 g/mol. The van der Waals surface area contributed by atoms with Crippen LogP contribution in [0.5, 0.6) is 0 Å². The number of nitrogens with one attached hydrogen (secondary N) is 2. The Labute approximate surface area is 192 Å². The number of aromatic nitrogens is 4.